The van der Waals surface area contributed by atoms with Crippen LogP contribution in [0.4, 0.5) is 22.0 Å². The van der Waals surface area contributed by atoms with E-state index in [1.807, 2.05) is 68.4 Å². The predicted molar refractivity (Wildman–Crippen MR) is 185 cm³/mol. The molecule has 4 aromatic heterocycles. The lowest BCUT2D eigenvalue weighted by molar-refractivity contribution is 0.422. The first-order valence-corrected chi connectivity index (χ1v) is 16.7. The molecule has 2 aromatic carbocycles. The number of nitrogens with one attached hydrogen (secondary N) is 2. The first kappa shape index (κ1) is 32.7. The third-order valence-electron chi connectivity index (χ3n) is 8.51. The summed E-state index contributed by atoms with van der Waals surface area (Å²) in [6.07, 6.45) is 3.88. The number of aryl methyl sites for hydroxylation is 2. The summed E-state index contributed by atoms with van der Waals surface area (Å²) >= 11 is 0. The molecule has 4 N–H and O–H groups in total. The summed E-state index contributed by atoms with van der Waals surface area (Å²) in [6.45, 7) is 7.68. The van der Waals surface area contributed by atoms with Crippen molar-refractivity contribution < 1.29 is 13.4 Å². The van der Waals surface area contributed by atoms with Crippen LogP contribution in [0.2, 0.25) is 0 Å². The summed E-state index contributed by atoms with van der Waals surface area (Å²) in [7, 11) is 0. The maximum atomic E-state index is 13.3. The molecule has 8 rings (SSSR count). The van der Waals surface area contributed by atoms with Crippen LogP contribution in [0.5, 0.6) is 0 Å². The molecule has 0 radical (unpaired) electrons. The second kappa shape index (κ2) is 14.0. The molecule has 0 spiro atoms. The van der Waals surface area contributed by atoms with E-state index in [1.165, 1.54) is 0 Å². The molecule has 0 amide bonds. The van der Waals surface area contributed by atoms with Crippen LogP contribution in [-0.2, 0) is 0 Å². The van der Waals surface area contributed by atoms with Gasteiger partial charge in [-0.05, 0) is 88.8 Å². The second-order valence-electron chi connectivity index (χ2n) is 12.9. The summed E-state index contributed by atoms with van der Waals surface area (Å²) in [6, 6.07) is 19.6. The summed E-state index contributed by atoms with van der Waals surface area (Å²) in [5.41, 5.74) is 11.1. The van der Waals surface area contributed by atoms with Crippen molar-refractivity contribution in [3.8, 4) is 22.9 Å². The number of nitrogens with zero attached hydrogens (tertiary/aromatic N) is 8. The van der Waals surface area contributed by atoms with E-state index in [2.05, 4.69) is 57.8 Å². The topological polar surface area (TPSA) is 179 Å². The summed E-state index contributed by atoms with van der Waals surface area (Å²) in [5.74, 6) is 5.16. The molecule has 0 bridgehead atoms. The van der Waals surface area contributed by atoms with Crippen LogP contribution >= 0.6 is 0 Å². The number of nitrogen functional groups attached to an aromatic ring is 1. The summed E-state index contributed by atoms with van der Waals surface area (Å²) < 4.78 is 24.0. The molecule has 2 saturated carbocycles. The van der Waals surface area contributed by atoms with Gasteiger partial charge in [0.2, 0.25) is 5.95 Å². The quantitative estimate of drug-likeness (QED) is 0.122. The monoisotopic (exact) mass is 675 g/mol. The third-order valence-corrected chi connectivity index (χ3v) is 8.51. The molecule has 50 heavy (non-hydrogen) atoms. The van der Waals surface area contributed by atoms with Crippen molar-refractivity contribution in [2.75, 3.05) is 16.4 Å². The zero-order valence-corrected chi connectivity index (χ0v) is 28.3. The highest BCUT2D eigenvalue weighted by Gasteiger charge is 2.30. The Balaban J connectivity index is 0.000000157. The highest BCUT2D eigenvalue weighted by atomic mass is 19.1. The maximum Gasteiger partial charge on any atom is 0.310 e. The zero-order chi connectivity index (χ0) is 34.8. The van der Waals surface area contributed by atoms with Gasteiger partial charge in [0, 0.05) is 58.6 Å². The molecule has 0 saturated heterocycles. The molecule has 2 fully saturated rings. The average Bonchev–Trinajstić information content (AvgIpc) is 4.02. The second-order valence-corrected chi connectivity index (χ2v) is 12.9. The Morgan fingerprint density at radius 1 is 0.640 bits per heavy atom. The minimum atomic E-state index is -0.729. The van der Waals surface area contributed by atoms with Crippen molar-refractivity contribution in [1.82, 2.24) is 40.2 Å². The van der Waals surface area contributed by atoms with E-state index < -0.39 is 6.08 Å². The molecule has 256 valence electrons. The molecular weight excluding hydrogens is 637 g/mol. The minimum absolute atomic E-state index is 0.0348. The fourth-order valence-electron chi connectivity index (χ4n) is 5.43. The van der Waals surface area contributed by atoms with Gasteiger partial charge in [0.05, 0.1) is 0 Å². The van der Waals surface area contributed by atoms with Gasteiger partial charge < -0.3 is 25.4 Å². The fourth-order valence-corrected chi connectivity index (χ4v) is 5.43. The lowest BCUT2D eigenvalue weighted by atomic mass is 10.1. The number of benzene rings is 2. The van der Waals surface area contributed by atoms with Gasteiger partial charge in [0.25, 0.3) is 11.8 Å². The molecule has 2 aliphatic carbocycles. The van der Waals surface area contributed by atoms with Crippen molar-refractivity contribution in [3.63, 3.8) is 0 Å². The third kappa shape index (κ3) is 8.08. The number of nitrogens with two attached hydrogens (primary N) is 1. The van der Waals surface area contributed by atoms with E-state index >= 15 is 0 Å². The van der Waals surface area contributed by atoms with E-state index in [0.29, 0.717) is 40.9 Å². The number of hydrogen-bond acceptors (Lipinski definition) is 13. The Kier molecular flexibility index (Phi) is 9.15. The van der Waals surface area contributed by atoms with Crippen molar-refractivity contribution in [1.29, 1.82) is 0 Å². The van der Waals surface area contributed by atoms with Crippen LogP contribution in [0.15, 0.2) is 69.7 Å². The average molecular weight is 676 g/mol. The molecule has 0 unspecified atom stereocenters. The van der Waals surface area contributed by atoms with Gasteiger partial charge in [-0.2, -0.15) is 24.3 Å². The molecule has 0 aliphatic heterocycles. The van der Waals surface area contributed by atoms with Gasteiger partial charge in [-0.3, -0.25) is 0 Å². The van der Waals surface area contributed by atoms with Crippen molar-refractivity contribution in [2.24, 2.45) is 0 Å². The Morgan fingerprint density at radius 3 is 1.50 bits per heavy atom. The van der Waals surface area contributed by atoms with Crippen LogP contribution in [0.3, 0.4) is 0 Å². The molecule has 2 atom stereocenters. The number of anilines is 3. The first-order valence-electron chi connectivity index (χ1n) is 16.7. The molecule has 14 heteroatoms. The lowest BCUT2D eigenvalue weighted by Gasteiger charge is -2.15. The van der Waals surface area contributed by atoms with E-state index in [-0.39, 0.29) is 18.0 Å². The standard InChI is InChI=1S/C18H18FN5O.C18H20N6O/c2*1-10-9-15(22-18(19)20-10)21-11(2)12-3-7-14(8-4-12)17-23-16(24-25-17)13-5-6-13/h3-4,7-9,11,13H,5-6H2,1-2H3,(H,20,21,22);3-4,7-9,11,13H,5-6H2,1-2H3,(H3,19,20,21,22)/t2*11-/m00/s1. The van der Waals surface area contributed by atoms with Crippen LogP contribution in [-0.4, -0.2) is 40.2 Å². The normalized spacial score (nSPS) is 15.1. The highest BCUT2D eigenvalue weighted by molar-refractivity contribution is 5.55. The van der Waals surface area contributed by atoms with Crippen LogP contribution in [0.25, 0.3) is 22.9 Å². The Bertz CT molecular complexity index is 1880. The number of aromatic nitrogens is 8. The largest absolute Gasteiger partial charge is 0.368 e. The Hall–Kier alpha value is -5.79. The molecule has 6 aromatic rings. The fraction of sp³-hybridized carbons (Fsp3) is 0.333. The van der Waals surface area contributed by atoms with Gasteiger partial charge >= 0.3 is 6.08 Å². The van der Waals surface area contributed by atoms with Gasteiger partial charge in [-0.25, -0.2) is 9.97 Å². The summed E-state index contributed by atoms with van der Waals surface area (Å²) in [5, 5.41) is 14.6. The van der Waals surface area contributed by atoms with Crippen LogP contribution < -0.4 is 16.4 Å². The van der Waals surface area contributed by atoms with Gasteiger partial charge in [0.1, 0.15) is 11.6 Å². The van der Waals surface area contributed by atoms with Gasteiger partial charge in [0.15, 0.2) is 11.6 Å². The van der Waals surface area contributed by atoms with E-state index in [9.17, 15) is 4.39 Å². The Labute approximate surface area is 288 Å². The Morgan fingerprint density at radius 2 is 1.08 bits per heavy atom. The van der Waals surface area contributed by atoms with Crippen molar-refractivity contribution >= 4 is 17.6 Å². The minimum Gasteiger partial charge on any atom is -0.368 e. The molecule has 2 aliphatic rings. The molecular formula is C36H38FN11O2. The van der Waals surface area contributed by atoms with Crippen molar-refractivity contribution in [3.05, 3.63) is 101 Å². The predicted octanol–water partition coefficient (Wildman–Crippen LogP) is 7.49. The first-order chi connectivity index (χ1) is 24.2. The molecule has 4 heterocycles. The van der Waals surface area contributed by atoms with E-state index in [4.69, 9.17) is 14.8 Å². The highest BCUT2D eigenvalue weighted by Crippen LogP contribution is 2.39. The maximum absolute atomic E-state index is 13.3. The van der Waals surface area contributed by atoms with Gasteiger partial charge in [-0.1, -0.05) is 34.6 Å². The SMILES string of the molecule is Cc1cc(N[C@@H](C)c2ccc(-c3nc(C4CC4)no3)cc2)nc(F)n1.Cc1cc(N[C@@H](C)c2ccc(-c3nc(C4CC4)no3)cc2)nc(N)n1. The van der Waals surface area contributed by atoms with Gasteiger partial charge in [-0.15, -0.1) is 0 Å². The van der Waals surface area contributed by atoms with Crippen LogP contribution in [0, 0.1) is 19.9 Å². The van der Waals surface area contributed by atoms with Crippen LogP contribution in [0.1, 0.15) is 97.6 Å². The number of rotatable bonds is 10. The lowest BCUT2D eigenvalue weighted by Crippen LogP contribution is -2.09. The number of hydrogen-bond donors (Lipinski definition) is 3. The zero-order valence-electron chi connectivity index (χ0n) is 28.3. The van der Waals surface area contributed by atoms with Crippen molar-refractivity contribution in [2.45, 2.75) is 77.3 Å². The van der Waals surface area contributed by atoms with E-state index in [1.54, 1.807) is 13.0 Å². The molecule has 13 nitrogen and oxygen atoms in total. The van der Waals surface area contributed by atoms with E-state index in [0.717, 1.165) is 65.3 Å². The smallest absolute Gasteiger partial charge is 0.310 e. The number of halogens is 1. The summed E-state index contributed by atoms with van der Waals surface area (Å²) in [4.78, 5) is 24.6.